The first-order valence-corrected chi connectivity index (χ1v) is 7.59. The Labute approximate surface area is 129 Å². The third kappa shape index (κ3) is 4.16. The van der Waals surface area contributed by atoms with Gasteiger partial charge in [-0.25, -0.2) is 4.98 Å². The molecule has 0 spiro atoms. The molecule has 120 valence electrons. The van der Waals surface area contributed by atoms with Gasteiger partial charge >= 0.3 is 0 Å². The quantitative estimate of drug-likeness (QED) is 0.827. The van der Waals surface area contributed by atoms with Crippen molar-refractivity contribution in [2.24, 2.45) is 0 Å². The third-order valence-electron chi connectivity index (χ3n) is 3.79. The highest BCUT2D eigenvalue weighted by atomic mass is 16.2. The van der Waals surface area contributed by atoms with Crippen LogP contribution < -0.4 is 10.9 Å². The lowest BCUT2D eigenvalue weighted by Gasteiger charge is -2.33. The second kappa shape index (κ2) is 7.20. The maximum atomic E-state index is 12.2. The molecule has 1 aliphatic heterocycles. The van der Waals surface area contributed by atoms with Gasteiger partial charge in [0.25, 0.3) is 5.56 Å². The molecule has 2 amide bonds. The number of carbonyl (C=O) groups excluding carboxylic acids is 2. The minimum atomic E-state index is -0.379. The van der Waals surface area contributed by atoms with Gasteiger partial charge in [0.1, 0.15) is 11.9 Å². The SMILES string of the molecule is CC(=O)N1CCCC[C@H]1C(=O)NCCc1nc(C)cc(=O)[nH]1. The molecule has 2 N–H and O–H groups in total. The fraction of sp³-hybridized carbons (Fsp3) is 0.600. The first-order valence-electron chi connectivity index (χ1n) is 7.59. The number of amides is 2. The minimum absolute atomic E-state index is 0.0652. The fourth-order valence-electron chi connectivity index (χ4n) is 2.76. The molecule has 7 nitrogen and oxygen atoms in total. The summed E-state index contributed by atoms with van der Waals surface area (Å²) in [6.07, 6.45) is 3.05. The number of rotatable bonds is 4. The topological polar surface area (TPSA) is 95.2 Å². The van der Waals surface area contributed by atoms with Crippen molar-refractivity contribution < 1.29 is 9.59 Å². The molecule has 1 fully saturated rings. The van der Waals surface area contributed by atoms with Gasteiger partial charge in [-0.1, -0.05) is 0 Å². The highest BCUT2D eigenvalue weighted by Gasteiger charge is 2.29. The Morgan fingerprint density at radius 3 is 2.91 bits per heavy atom. The third-order valence-corrected chi connectivity index (χ3v) is 3.79. The van der Waals surface area contributed by atoms with E-state index in [0.29, 0.717) is 37.4 Å². The van der Waals surface area contributed by atoms with Crippen molar-refractivity contribution in [3.63, 3.8) is 0 Å². The molecule has 1 saturated heterocycles. The zero-order valence-electron chi connectivity index (χ0n) is 13.0. The molecule has 0 bridgehead atoms. The Kier molecular flexibility index (Phi) is 5.30. The van der Waals surface area contributed by atoms with Gasteiger partial charge in [-0.15, -0.1) is 0 Å². The number of hydrogen-bond donors (Lipinski definition) is 2. The summed E-state index contributed by atoms with van der Waals surface area (Å²) in [6.45, 7) is 4.27. The van der Waals surface area contributed by atoms with E-state index in [1.165, 1.54) is 13.0 Å². The summed E-state index contributed by atoms with van der Waals surface area (Å²) in [5, 5.41) is 2.83. The van der Waals surface area contributed by atoms with Crippen LogP contribution in [0.25, 0.3) is 0 Å². The lowest BCUT2D eigenvalue weighted by Crippen LogP contribution is -2.51. The summed E-state index contributed by atoms with van der Waals surface area (Å²) in [6, 6.07) is 1.05. The zero-order valence-corrected chi connectivity index (χ0v) is 13.0. The lowest BCUT2D eigenvalue weighted by molar-refractivity contribution is -0.140. The van der Waals surface area contributed by atoms with Crippen molar-refractivity contribution in [1.29, 1.82) is 0 Å². The Morgan fingerprint density at radius 1 is 1.45 bits per heavy atom. The Balaban J connectivity index is 1.89. The number of aryl methyl sites for hydroxylation is 1. The normalized spacial score (nSPS) is 18.1. The molecule has 1 atom stereocenters. The number of aromatic nitrogens is 2. The summed E-state index contributed by atoms with van der Waals surface area (Å²) in [7, 11) is 0. The van der Waals surface area contributed by atoms with Crippen LogP contribution in [-0.2, 0) is 16.0 Å². The molecule has 1 aliphatic rings. The van der Waals surface area contributed by atoms with E-state index in [1.807, 2.05) is 0 Å². The molecule has 1 aromatic rings. The second-order valence-electron chi connectivity index (χ2n) is 5.60. The average Bonchev–Trinajstić information content (AvgIpc) is 2.46. The smallest absolute Gasteiger partial charge is 0.251 e. The van der Waals surface area contributed by atoms with Crippen molar-refractivity contribution in [3.05, 3.63) is 27.9 Å². The highest BCUT2D eigenvalue weighted by Crippen LogP contribution is 2.17. The highest BCUT2D eigenvalue weighted by molar-refractivity contribution is 5.87. The van der Waals surface area contributed by atoms with Gasteiger partial charge in [-0.3, -0.25) is 14.4 Å². The van der Waals surface area contributed by atoms with Gasteiger partial charge in [0.2, 0.25) is 11.8 Å². The number of carbonyl (C=O) groups is 2. The van der Waals surface area contributed by atoms with Crippen LogP contribution in [0.15, 0.2) is 10.9 Å². The Bertz CT molecular complexity index is 611. The molecule has 22 heavy (non-hydrogen) atoms. The van der Waals surface area contributed by atoms with E-state index in [9.17, 15) is 14.4 Å². The van der Waals surface area contributed by atoms with Gasteiger partial charge < -0.3 is 15.2 Å². The van der Waals surface area contributed by atoms with E-state index >= 15 is 0 Å². The number of hydrogen-bond acceptors (Lipinski definition) is 4. The molecular weight excluding hydrogens is 284 g/mol. The molecular formula is C15H22N4O3. The van der Waals surface area contributed by atoms with Crippen molar-refractivity contribution in [1.82, 2.24) is 20.2 Å². The Hall–Kier alpha value is -2.18. The van der Waals surface area contributed by atoms with Crippen molar-refractivity contribution >= 4 is 11.8 Å². The van der Waals surface area contributed by atoms with Crippen LogP contribution in [0.4, 0.5) is 0 Å². The molecule has 0 saturated carbocycles. The molecule has 0 aliphatic carbocycles. The van der Waals surface area contributed by atoms with Crippen LogP contribution in [0.2, 0.25) is 0 Å². The van der Waals surface area contributed by atoms with Gasteiger partial charge in [-0.05, 0) is 26.2 Å². The standard InChI is InChI=1S/C15H22N4O3/c1-10-9-14(21)18-13(17-10)6-7-16-15(22)12-5-3-4-8-19(12)11(2)20/h9,12H,3-8H2,1-2H3,(H,16,22)(H,17,18,21)/t12-/m0/s1. The van der Waals surface area contributed by atoms with E-state index in [0.717, 1.165) is 12.8 Å². The number of aromatic amines is 1. The van der Waals surface area contributed by atoms with E-state index in [2.05, 4.69) is 15.3 Å². The van der Waals surface area contributed by atoms with E-state index in [-0.39, 0.29) is 23.4 Å². The molecule has 0 unspecified atom stereocenters. The second-order valence-corrected chi connectivity index (χ2v) is 5.60. The van der Waals surface area contributed by atoms with Gasteiger partial charge in [0.05, 0.1) is 0 Å². The number of likely N-dealkylation sites (tertiary alicyclic amines) is 1. The first-order chi connectivity index (χ1) is 10.5. The maximum Gasteiger partial charge on any atom is 0.251 e. The van der Waals surface area contributed by atoms with Crippen LogP contribution >= 0.6 is 0 Å². The number of nitrogens with zero attached hydrogens (tertiary/aromatic N) is 2. The summed E-state index contributed by atoms with van der Waals surface area (Å²) in [5.41, 5.74) is 0.462. The van der Waals surface area contributed by atoms with E-state index in [4.69, 9.17) is 0 Å². The molecule has 2 heterocycles. The predicted molar refractivity (Wildman–Crippen MR) is 81.3 cm³/mol. The number of nitrogens with one attached hydrogen (secondary N) is 2. The zero-order chi connectivity index (χ0) is 16.1. The summed E-state index contributed by atoms with van der Waals surface area (Å²) >= 11 is 0. The van der Waals surface area contributed by atoms with Crippen LogP contribution in [-0.4, -0.2) is 45.8 Å². The predicted octanol–water partition coefficient (Wildman–Crippen LogP) is 0.138. The number of piperidine rings is 1. The van der Waals surface area contributed by atoms with Crippen LogP contribution in [0.3, 0.4) is 0 Å². The van der Waals surface area contributed by atoms with Crippen LogP contribution in [0, 0.1) is 6.92 Å². The van der Waals surface area contributed by atoms with Crippen molar-refractivity contribution in [2.75, 3.05) is 13.1 Å². The number of H-pyrrole nitrogens is 1. The minimum Gasteiger partial charge on any atom is -0.354 e. The molecule has 7 heteroatoms. The summed E-state index contributed by atoms with van der Waals surface area (Å²) in [4.78, 5) is 43.7. The maximum absolute atomic E-state index is 12.2. The Morgan fingerprint density at radius 2 is 2.23 bits per heavy atom. The van der Waals surface area contributed by atoms with Gasteiger partial charge in [0, 0.05) is 38.2 Å². The molecule has 0 aromatic carbocycles. The van der Waals surface area contributed by atoms with Crippen molar-refractivity contribution in [2.45, 2.75) is 45.6 Å². The lowest BCUT2D eigenvalue weighted by atomic mass is 10.0. The van der Waals surface area contributed by atoms with E-state index in [1.54, 1.807) is 11.8 Å². The van der Waals surface area contributed by atoms with E-state index < -0.39 is 0 Å². The monoisotopic (exact) mass is 306 g/mol. The summed E-state index contributed by atoms with van der Waals surface area (Å²) in [5.74, 6) is 0.354. The molecule has 0 radical (unpaired) electrons. The average molecular weight is 306 g/mol. The first kappa shape index (κ1) is 16.2. The molecule has 2 rings (SSSR count). The largest absolute Gasteiger partial charge is 0.354 e. The summed E-state index contributed by atoms with van der Waals surface area (Å²) < 4.78 is 0. The fourth-order valence-corrected chi connectivity index (χ4v) is 2.76. The van der Waals surface area contributed by atoms with Crippen LogP contribution in [0.1, 0.15) is 37.7 Å². The van der Waals surface area contributed by atoms with Gasteiger partial charge in [-0.2, -0.15) is 0 Å². The van der Waals surface area contributed by atoms with Crippen LogP contribution in [0.5, 0.6) is 0 Å². The van der Waals surface area contributed by atoms with Gasteiger partial charge in [0.15, 0.2) is 0 Å². The molecule has 1 aromatic heterocycles. The van der Waals surface area contributed by atoms with Crippen molar-refractivity contribution in [3.8, 4) is 0 Å².